The Morgan fingerprint density at radius 2 is 2.27 bits per heavy atom. The lowest BCUT2D eigenvalue weighted by atomic mass is 10.2. The highest BCUT2D eigenvalue weighted by Gasteiger charge is 2.28. The summed E-state index contributed by atoms with van der Waals surface area (Å²) in [6, 6.07) is 6.44. The van der Waals surface area contributed by atoms with Crippen molar-refractivity contribution in [3.8, 4) is 11.9 Å². The standard InChI is InChI=1S/C17H20N4O4S/c1-24-16-3-2-14(19-9-13-5-7-25-11-13)8-17(16)26(22,23)20-15-4-6-21(10-15)12-18/h2-3,5,7-8,11,15,19-20H,4,6,9-10H2,1H3/t15-/m1/s1. The summed E-state index contributed by atoms with van der Waals surface area (Å²) in [5.74, 6) is 0.265. The second kappa shape index (κ2) is 7.68. The summed E-state index contributed by atoms with van der Waals surface area (Å²) in [6.45, 7) is 1.43. The molecule has 0 unspecified atom stereocenters. The van der Waals surface area contributed by atoms with E-state index >= 15 is 0 Å². The molecule has 0 amide bonds. The highest BCUT2D eigenvalue weighted by molar-refractivity contribution is 7.89. The molecule has 0 saturated carbocycles. The summed E-state index contributed by atoms with van der Waals surface area (Å²) >= 11 is 0. The lowest BCUT2D eigenvalue weighted by molar-refractivity contribution is 0.402. The summed E-state index contributed by atoms with van der Waals surface area (Å²) in [5.41, 5.74) is 1.60. The van der Waals surface area contributed by atoms with Gasteiger partial charge in [0.05, 0.1) is 19.6 Å². The quantitative estimate of drug-likeness (QED) is 0.709. The molecule has 2 heterocycles. The van der Waals surface area contributed by atoms with Gasteiger partial charge in [0.15, 0.2) is 6.19 Å². The average Bonchev–Trinajstić information content (AvgIpc) is 3.31. The monoisotopic (exact) mass is 376 g/mol. The first kappa shape index (κ1) is 18.1. The number of ether oxygens (including phenoxy) is 1. The molecule has 0 radical (unpaired) electrons. The van der Waals surface area contributed by atoms with Crippen LogP contribution in [0.3, 0.4) is 0 Å². The van der Waals surface area contributed by atoms with Gasteiger partial charge in [-0.25, -0.2) is 13.1 Å². The van der Waals surface area contributed by atoms with Crippen molar-refractivity contribution >= 4 is 15.7 Å². The molecule has 1 aliphatic heterocycles. The van der Waals surface area contributed by atoms with Gasteiger partial charge in [0.2, 0.25) is 10.0 Å². The average molecular weight is 376 g/mol. The van der Waals surface area contributed by atoms with E-state index in [-0.39, 0.29) is 16.7 Å². The van der Waals surface area contributed by atoms with Crippen LogP contribution in [-0.2, 0) is 16.6 Å². The number of benzene rings is 1. The van der Waals surface area contributed by atoms with E-state index in [4.69, 9.17) is 14.4 Å². The number of furan rings is 1. The molecule has 1 saturated heterocycles. The first-order valence-corrected chi connectivity index (χ1v) is 9.60. The predicted molar refractivity (Wildman–Crippen MR) is 94.9 cm³/mol. The third-order valence-corrected chi connectivity index (χ3v) is 5.72. The van der Waals surface area contributed by atoms with Crippen molar-refractivity contribution in [2.24, 2.45) is 0 Å². The Labute approximate surface area is 152 Å². The number of nitrogens with zero attached hydrogens (tertiary/aromatic N) is 2. The van der Waals surface area contributed by atoms with Crippen LogP contribution < -0.4 is 14.8 Å². The number of anilines is 1. The van der Waals surface area contributed by atoms with E-state index in [1.807, 2.05) is 12.3 Å². The molecular formula is C17H20N4O4S. The van der Waals surface area contributed by atoms with E-state index in [1.165, 1.54) is 18.1 Å². The molecule has 0 spiro atoms. The fraction of sp³-hybridized carbons (Fsp3) is 0.353. The van der Waals surface area contributed by atoms with Crippen LogP contribution in [0.1, 0.15) is 12.0 Å². The minimum atomic E-state index is -3.78. The van der Waals surface area contributed by atoms with Crippen molar-refractivity contribution in [3.05, 3.63) is 42.4 Å². The summed E-state index contributed by atoms with van der Waals surface area (Å²) in [5, 5.41) is 12.1. The zero-order valence-electron chi connectivity index (χ0n) is 14.3. The van der Waals surface area contributed by atoms with Crippen molar-refractivity contribution in [1.29, 1.82) is 5.26 Å². The van der Waals surface area contributed by atoms with Crippen LogP contribution in [0.15, 0.2) is 46.1 Å². The zero-order chi connectivity index (χ0) is 18.6. The summed E-state index contributed by atoms with van der Waals surface area (Å²) in [6.07, 6.45) is 5.83. The van der Waals surface area contributed by atoms with Gasteiger partial charge in [-0.15, -0.1) is 0 Å². The number of hydrogen-bond acceptors (Lipinski definition) is 7. The van der Waals surface area contributed by atoms with Gasteiger partial charge < -0.3 is 19.4 Å². The van der Waals surface area contributed by atoms with E-state index in [0.717, 1.165) is 5.56 Å². The Bertz CT molecular complexity index is 890. The Kier molecular flexibility index (Phi) is 5.35. The van der Waals surface area contributed by atoms with Gasteiger partial charge in [0.25, 0.3) is 0 Å². The number of sulfonamides is 1. The van der Waals surface area contributed by atoms with Crippen LogP contribution in [-0.4, -0.2) is 39.6 Å². The van der Waals surface area contributed by atoms with Crippen molar-refractivity contribution < 1.29 is 17.6 Å². The van der Waals surface area contributed by atoms with Crippen LogP contribution in [0.5, 0.6) is 5.75 Å². The second-order valence-electron chi connectivity index (χ2n) is 6.00. The molecule has 1 aromatic heterocycles. The molecule has 3 rings (SSSR count). The Morgan fingerprint density at radius 1 is 1.42 bits per heavy atom. The van der Waals surface area contributed by atoms with Gasteiger partial charge in [-0.3, -0.25) is 0 Å². The molecule has 0 aliphatic carbocycles. The minimum Gasteiger partial charge on any atom is -0.495 e. The van der Waals surface area contributed by atoms with Gasteiger partial charge in [-0.05, 0) is 30.7 Å². The number of nitrogens with one attached hydrogen (secondary N) is 2. The molecule has 26 heavy (non-hydrogen) atoms. The highest BCUT2D eigenvalue weighted by Crippen LogP contribution is 2.28. The first-order chi connectivity index (χ1) is 12.5. The third-order valence-electron chi connectivity index (χ3n) is 4.18. The highest BCUT2D eigenvalue weighted by atomic mass is 32.2. The first-order valence-electron chi connectivity index (χ1n) is 8.12. The smallest absolute Gasteiger partial charge is 0.244 e. The number of hydrogen-bond donors (Lipinski definition) is 2. The molecule has 9 heteroatoms. The Morgan fingerprint density at radius 3 is 2.92 bits per heavy atom. The fourth-order valence-corrected chi connectivity index (χ4v) is 4.28. The topological polar surface area (TPSA) is 108 Å². The molecule has 138 valence electrons. The summed E-state index contributed by atoms with van der Waals surface area (Å²) < 4.78 is 38.5. The molecule has 1 aliphatic rings. The molecule has 2 N–H and O–H groups in total. The van der Waals surface area contributed by atoms with Crippen molar-refractivity contribution in [1.82, 2.24) is 9.62 Å². The second-order valence-corrected chi connectivity index (χ2v) is 7.69. The largest absolute Gasteiger partial charge is 0.495 e. The predicted octanol–water partition coefficient (Wildman–Crippen LogP) is 1.73. The zero-order valence-corrected chi connectivity index (χ0v) is 15.1. The van der Waals surface area contributed by atoms with Crippen molar-refractivity contribution in [2.45, 2.75) is 23.9 Å². The van der Waals surface area contributed by atoms with Gasteiger partial charge in [0.1, 0.15) is 10.6 Å². The van der Waals surface area contributed by atoms with Gasteiger partial charge >= 0.3 is 0 Å². The third kappa shape index (κ3) is 4.09. The van der Waals surface area contributed by atoms with E-state index in [1.54, 1.807) is 24.7 Å². The maximum Gasteiger partial charge on any atom is 0.244 e. The molecule has 2 aromatic rings. The van der Waals surface area contributed by atoms with Crippen LogP contribution in [0.4, 0.5) is 5.69 Å². The molecule has 0 bridgehead atoms. The fourth-order valence-electron chi connectivity index (χ4n) is 2.82. The van der Waals surface area contributed by atoms with Crippen LogP contribution in [0, 0.1) is 11.5 Å². The number of likely N-dealkylation sites (tertiary alicyclic amines) is 1. The van der Waals surface area contributed by atoms with Crippen molar-refractivity contribution in [2.75, 3.05) is 25.5 Å². The SMILES string of the molecule is COc1ccc(NCc2ccoc2)cc1S(=O)(=O)N[C@@H]1CCN(C#N)C1. The normalized spacial score (nSPS) is 17.1. The van der Waals surface area contributed by atoms with E-state index in [0.29, 0.717) is 31.7 Å². The number of rotatable bonds is 7. The summed E-state index contributed by atoms with van der Waals surface area (Å²) in [7, 11) is -2.35. The molecule has 8 nitrogen and oxygen atoms in total. The maximum atomic E-state index is 12.8. The number of methoxy groups -OCH3 is 1. The lowest BCUT2D eigenvalue weighted by Crippen LogP contribution is -2.36. The van der Waals surface area contributed by atoms with E-state index in [2.05, 4.69) is 10.0 Å². The molecule has 1 fully saturated rings. The minimum absolute atomic E-state index is 0.0626. The van der Waals surface area contributed by atoms with Crippen LogP contribution >= 0.6 is 0 Å². The van der Waals surface area contributed by atoms with Crippen LogP contribution in [0.25, 0.3) is 0 Å². The van der Waals surface area contributed by atoms with Gasteiger partial charge in [-0.2, -0.15) is 5.26 Å². The lowest BCUT2D eigenvalue weighted by Gasteiger charge is -2.16. The van der Waals surface area contributed by atoms with Crippen molar-refractivity contribution in [3.63, 3.8) is 0 Å². The van der Waals surface area contributed by atoms with Crippen LogP contribution in [0.2, 0.25) is 0 Å². The molecular weight excluding hydrogens is 356 g/mol. The molecule has 1 aromatic carbocycles. The van der Waals surface area contributed by atoms with Gasteiger partial charge in [0, 0.05) is 36.9 Å². The Hall–Kier alpha value is -2.70. The van der Waals surface area contributed by atoms with Gasteiger partial charge in [-0.1, -0.05) is 0 Å². The Balaban J connectivity index is 1.77. The van der Waals surface area contributed by atoms with E-state index in [9.17, 15) is 8.42 Å². The molecule has 1 atom stereocenters. The maximum absolute atomic E-state index is 12.8. The number of nitriles is 1. The van der Waals surface area contributed by atoms with E-state index < -0.39 is 10.0 Å². The summed E-state index contributed by atoms with van der Waals surface area (Å²) in [4.78, 5) is 1.60.